The van der Waals surface area contributed by atoms with E-state index in [9.17, 15) is 4.79 Å². The van der Waals surface area contributed by atoms with Gasteiger partial charge in [-0.05, 0) is 30.2 Å². The van der Waals surface area contributed by atoms with Crippen molar-refractivity contribution in [2.24, 2.45) is 0 Å². The van der Waals surface area contributed by atoms with Crippen LogP contribution in [0, 0.1) is 6.92 Å². The molecule has 1 amide bonds. The van der Waals surface area contributed by atoms with Gasteiger partial charge in [-0.15, -0.1) is 0 Å². The molecule has 0 spiro atoms. The molecule has 0 saturated heterocycles. The van der Waals surface area contributed by atoms with Crippen molar-refractivity contribution in [1.29, 1.82) is 0 Å². The normalized spacial score (nSPS) is 10.3. The van der Waals surface area contributed by atoms with E-state index in [2.05, 4.69) is 10.9 Å². The van der Waals surface area contributed by atoms with E-state index in [4.69, 9.17) is 34.8 Å². The van der Waals surface area contributed by atoms with E-state index in [0.717, 1.165) is 11.1 Å². The highest BCUT2D eigenvalue weighted by atomic mass is 35.5. The first-order valence-corrected chi connectivity index (χ1v) is 7.34. The van der Waals surface area contributed by atoms with Gasteiger partial charge in [0.1, 0.15) is 0 Å². The van der Waals surface area contributed by atoms with Crippen molar-refractivity contribution >= 4 is 46.4 Å². The molecule has 0 radical (unpaired) electrons. The average Bonchev–Trinajstić information content (AvgIpc) is 2.40. The topological polar surface area (TPSA) is 41.1 Å². The number of carbonyl (C=O) groups excluding carboxylic acids is 1. The van der Waals surface area contributed by atoms with Crippen LogP contribution in [0.15, 0.2) is 36.4 Å². The Morgan fingerprint density at radius 3 is 2.33 bits per heavy atom. The molecule has 0 bridgehead atoms. The number of halogens is 3. The molecule has 0 saturated carbocycles. The van der Waals surface area contributed by atoms with Gasteiger partial charge in [0.05, 0.1) is 22.2 Å². The first kappa shape index (κ1) is 16.0. The summed E-state index contributed by atoms with van der Waals surface area (Å²) in [6, 6.07) is 10.8. The first-order valence-electron chi connectivity index (χ1n) is 6.21. The van der Waals surface area contributed by atoms with Gasteiger partial charge >= 0.3 is 0 Å². The van der Waals surface area contributed by atoms with E-state index in [0.29, 0.717) is 20.8 Å². The Morgan fingerprint density at radius 1 is 1.10 bits per heavy atom. The molecule has 2 aromatic carbocycles. The molecule has 0 heterocycles. The largest absolute Gasteiger partial charge is 0.296 e. The highest BCUT2D eigenvalue weighted by Crippen LogP contribution is 2.33. The van der Waals surface area contributed by atoms with Gasteiger partial charge in [0.15, 0.2) is 0 Å². The molecule has 6 heteroatoms. The maximum absolute atomic E-state index is 11.9. The Kier molecular flexibility index (Phi) is 5.34. The van der Waals surface area contributed by atoms with Gasteiger partial charge in [0.2, 0.25) is 5.91 Å². The predicted molar refractivity (Wildman–Crippen MR) is 88.1 cm³/mol. The fourth-order valence-corrected chi connectivity index (χ4v) is 2.73. The van der Waals surface area contributed by atoms with E-state index in [1.807, 2.05) is 31.2 Å². The van der Waals surface area contributed by atoms with E-state index in [-0.39, 0.29) is 12.3 Å². The minimum absolute atomic E-state index is 0.189. The van der Waals surface area contributed by atoms with E-state index in [1.165, 1.54) is 0 Å². The molecule has 110 valence electrons. The lowest BCUT2D eigenvalue weighted by atomic mass is 10.1. The zero-order valence-corrected chi connectivity index (χ0v) is 13.5. The summed E-state index contributed by atoms with van der Waals surface area (Å²) in [5.74, 6) is -0.189. The summed E-state index contributed by atoms with van der Waals surface area (Å²) in [5, 5.41) is 1.11. The second kappa shape index (κ2) is 7.03. The first-order chi connectivity index (χ1) is 9.97. The van der Waals surface area contributed by atoms with Crippen LogP contribution in [-0.2, 0) is 11.2 Å². The van der Waals surface area contributed by atoms with Crippen LogP contribution in [0.1, 0.15) is 11.1 Å². The fraction of sp³-hybridized carbons (Fsp3) is 0.133. The Labute approximate surface area is 138 Å². The quantitative estimate of drug-likeness (QED) is 0.794. The zero-order valence-electron chi connectivity index (χ0n) is 11.2. The van der Waals surface area contributed by atoms with Gasteiger partial charge in [0, 0.05) is 5.02 Å². The summed E-state index contributed by atoms with van der Waals surface area (Å²) in [4.78, 5) is 11.9. The van der Waals surface area contributed by atoms with Crippen LogP contribution in [0.4, 0.5) is 5.69 Å². The molecule has 3 nitrogen and oxygen atoms in total. The molecule has 0 aromatic heterocycles. The Hall–Kier alpha value is -1.42. The third kappa shape index (κ3) is 4.27. The lowest BCUT2D eigenvalue weighted by Crippen LogP contribution is -2.31. The minimum Gasteiger partial charge on any atom is -0.296 e. The van der Waals surface area contributed by atoms with Gasteiger partial charge in [-0.25, -0.2) is 0 Å². The number of hydrazine groups is 1. The number of amides is 1. The maximum Gasteiger partial charge on any atom is 0.242 e. The number of aryl methyl sites for hydroxylation is 1. The fourth-order valence-electron chi connectivity index (χ4n) is 1.82. The molecule has 2 N–H and O–H groups in total. The lowest BCUT2D eigenvalue weighted by Gasteiger charge is -2.12. The third-order valence-corrected chi connectivity index (χ3v) is 3.76. The summed E-state index contributed by atoms with van der Waals surface area (Å²) < 4.78 is 0. The van der Waals surface area contributed by atoms with Gasteiger partial charge in [0.25, 0.3) is 0 Å². The van der Waals surface area contributed by atoms with Crippen molar-refractivity contribution in [3.05, 3.63) is 62.6 Å². The van der Waals surface area contributed by atoms with Crippen LogP contribution < -0.4 is 10.9 Å². The molecule has 0 aliphatic rings. The number of carbonyl (C=O) groups is 1. The van der Waals surface area contributed by atoms with Crippen molar-refractivity contribution in [2.45, 2.75) is 13.3 Å². The second-order valence-corrected chi connectivity index (χ2v) is 5.77. The van der Waals surface area contributed by atoms with Crippen LogP contribution in [0.2, 0.25) is 15.1 Å². The van der Waals surface area contributed by atoms with Gasteiger partial charge < -0.3 is 0 Å². The Balaban J connectivity index is 2.01. The summed E-state index contributed by atoms with van der Waals surface area (Å²) in [5.41, 5.74) is 7.75. The second-order valence-electron chi connectivity index (χ2n) is 4.52. The van der Waals surface area contributed by atoms with E-state index >= 15 is 0 Å². The predicted octanol–water partition coefficient (Wildman–Crippen LogP) is 4.64. The summed E-state index contributed by atoms with van der Waals surface area (Å²) >= 11 is 17.9. The van der Waals surface area contributed by atoms with Crippen LogP contribution in [-0.4, -0.2) is 5.91 Å². The molecular formula is C15H13Cl3N2O. The zero-order chi connectivity index (χ0) is 15.4. The van der Waals surface area contributed by atoms with Crippen molar-refractivity contribution < 1.29 is 4.79 Å². The highest BCUT2D eigenvalue weighted by Gasteiger charge is 2.10. The molecule has 0 unspecified atom stereocenters. The molecule has 2 aromatic rings. The van der Waals surface area contributed by atoms with Crippen LogP contribution >= 0.6 is 34.8 Å². The van der Waals surface area contributed by atoms with Crippen molar-refractivity contribution in [2.75, 3.05) is 5.43 Å². The molecule has 2 rings (SSSR count). The average molecular weight is 344 g/mol. The molecule has 0 fully saturated rings. The third-order valence-electron chi connectivity index (χ3n) is 2.95. The number of hydrogen-bond donors (Lipinski definition) is 2. The number of benzene rings is 2. The lowest BCUT2D eigenvalue weighted by molar-refractivity contribution is -0.119. The van der Waals surface area contributed by atoms with Crippen molar-refractivity contribution in [3.8, 4) is 0 Å². The Bertz CT molecular complexity index is 651. The van der Waals surface area contributed by atoms with Crippen molar-refractivity contribution in [1.82, 2.24) is 5.43 Å². The molecule has 21 heavy (non-hydrogen) atoms. The van der Waals surface area contributed by atoms with Crippen LogP contribution in [0.3, 0.4) is 0 Å². The number of nitrogens with one attached hydrogen (secondary N) is 2. The van der Waals surface area contributed by atoms with Gasteiger partial charge in [-0.2, -0.15) is 0 Å². The Morgan fingerprint density at radius 2 is 1.71 bits per heavy atom. The highest BCUT2D eigenvalue weighted by molar-refractivity contribution is 6.41. The van der Waals surface area contributed by atoms with E-state index in [1.54, 1.807) is 12.1 Å². The standard InChI is InChI=1S/C15H13Cl3N2O/c1-9-4-2-3-5-10(9)6-14(21)19-20-15-12(17)7-11(16)8-13(15)18/h2-5,7-8,20H,6H2,1H3,(H,19,21). The van der Waals surface area contributed by atoms with E-state index < -0.39 is 0 Å². The molecule has 0 aliphatic heterocycles. The number of anilines is 1. The summed E-state index contributed by atoms with van der Waals surface area (Å²) in [7, 11) is 0. The maximum atomic E-state index is 11.9. The smallest absolute Gasteiger partial charge is 0.242 e. The minimum atomic E-state index is -0.189. The van der Waals surface area contributed by atoms with Crippen LogP contribution in [0.5, 0.6) is 0 Å². The molecular weight excluding hydrogens is 331 g/mol. The number of hydrogen-bond acceptors (Lipinski definition) is 2. The summed E-state index contributed by atoms with van der Waals surface area (Å²) in [6.45, 7) is 1.96. The monoisotopic (exact) mass is 342 g/mol. The van der Waals surface area contributed by atoms with Crippen LogP contribution in [0.25, 0.3) is 0 Å². The van der Waals surface area contributed by atoms with Gasteiger partial charge in [-0.3, -0.25) is 15.6 Å². The summed E-state index contributed by atoms with van der Waals surface area (Å²) in [6.07, 6.45) is 0.266. The molecule has 0 aliphatic carbocycles. The SMILES string of the molecule is Cc1ccccc1CC(=O)NNc1c(Cl)cc(Cl)cc1Cl. The number of rotatable bonds is 4. The van der Waals surface area contributed by atoms with Crippen molar-refractivity contribution in [3.63, 3.8) is 0 Å². The van der Waals surface area contributed by atoms with Gasteiger partial charge in [-0.1, -0.05) is 59.1 Å². The molecule has 0 atom stereocenters.